The molecule has 0 radical (unpaired) electrons. The highest BCUT2D eigenvalue weighted by Crippen LogP contribution is 2.36. The summed E-state index contributed by atoms with van der Waals surface area (Å²) in [4.78, 5) is 30.3. The van der Waals surface area contributed by atoms with Gasteiger partial charge in [0.05, 0.1) is 6.61 Å². The number of carbonyl (C=O) groups is 2. The fourth-order valence-corrected chi connectivity index (χ4v) is 4.93. The van der Waals surface area contributed by atoms with Crippen molar-refractivity contribution in [2.45, 2.75) is 38.5 Å². The van der Waals surface area contributed by atoms with Crippen molar-refractivity contribution < 1.29 is 14.3 Å². The highest BCUT2D eigenvalue weighted by molar-refractivity contribution is 6.30. The molecule has 170 valence electrons. The first-order chi connectivity index (χ1) is 15.5. The summed E-state index contributed by atoms with van der Waals surface area (Å²) in [6, 6.07) is 16.7. The normalized spacial score (nSPS) is 21.3. The summed E-state index contributed by atoms with van der Waals surface area (Å²) in [5.74, 6) is 0.927. The van der Waals surface area contributed by atoms with Crippen LogP contribution < -0.4 is 4.74 Å². The molecule has 2 aromatic carbocycles. The molecule has 2 aliphatic rings. The first-order valence-corrected chi connectivity index (χ1v) is 11.9. The largest absolute Gasteiger partial charge is 0.493 e. The third kappa shape index (κ3) is 5.63. The van der Waals surface area contributed by atoms with Crippen LogP contribution in [0, 0.1) is 5.41 Å². The number of amides is 2. The number of hydrogen-bond acceptors (Lipinski definition) is 3. The van der Waals surface area contributed by atoms with Gasteiger partial charge in [0, 0.05) is 48.6 Å². The summed E-state index contributed by atoms with van der Waals surface area (Å²) in [6.45, 7) is 3.29. The van der Waals surface area contributed by atoms with Crippen LogP contribution in [0.1, 0.15) is 48.9 Å². The minimum Gasteiger partial charge on any atom is -0.493 e. The lowest BCUT2D eigenvalue weighted by Crippen LogP contribution is -2.51. The molecule has 6 heteroatoms. The van der Waals surface area contributed by atoms with E-state index in [1.54, 1.807) is 12.1 Å². The van der Waals surface area contributed by atoms with E-state index in [1.807, 2.05) is 52.3 Å². The Kier molecular flexibility index (Phi) is 7.36. The van der Waals surface area contributed by atoms with Crippen LogP contribution in [0.3, 0.4) is 0 Å². The highest BCUT2D eigenvalue weighted by Gasteiger charge is 2.41. The van der Waals surface area contributed by atoms with Gasteiger partial charge in [-0.05, 0) is 68.5 Å². The maximum atomic E-state index is 13.2. The Morgan fingerprint density at radius 2 is 1.56 bits per heavy atom. The summed E-state index contributed by atoms with van der Waals surface area (Å²) >= 11 is 6.01. The van der Waals surface area contributed by atoms with Crippen LogP contribution in [0.2, 0.25) is 5.02 Å². The number of carbonyl (C=O) groups excluding carboxylic acids is 2. The smallest absolute Gasteiger partial charge is 0.253 e. The Hall–Kier alpha value is -2.53. The van der Waals surface area contributed by atoms with Gasteiger partial charge in [-0.1, -0.05) is 29.8 Å². The predicted octanol–water partition coefficient (Wildman–Crippen LogP) is 5.04. The zero-order chi connectivity index (χ0) is 22.4. The van der Waals surface area contributed by atoms with Crippen LogP contribution in [0.4, 0.5) is 0 Å². The fraction of sp³-hybridized carbons (Fsp3) is 0.462. The molecule has 1 unspecified atom stereocenters. The van der Waals surface area contributed by atoms with Gasteiger partial charge in [-0.15, -0.1) is 0 Å². The van der Waals surface area contributed by atoms with Gasteiger partial charge in [-0.3, -0.25) is 9.59 Å². The van der Waals surface area contributed by atoms with Crippen LogP contribution in [-0.2, 0) is 4.79 Å². The van der Waals surface area contributed by atoms with E-state index >= 15 is 0 Å². The van der Waals surface area contributed by atoms with Gasteiger partial charge in [-0.2, -0.15) is 0 Å². The average Bonchev–Trinajstić information content (AvgIpc) is 2.84. The fourth-order valence-electron chi connectivity index (χ4n) is 4.80. The number of rotatable bonds is 6. The monoisotopic (exact) mass is 454 g/mol. The first-order valence-electron chi connectivity index (χ1n) is 11.6. The molecule has 2 fully saturated rings. The molecule has 0 bridgehead atoms. The van der Waals surface area contributed by atoms with Crippen molar-refractivity contribution in [3.63, 3.8) is 0 Å². The molecule has 0 aromatic heterocycles. The van der Waals surface area contributed by atoms with E-state index in [2.05, 4.69) is 0 Å². The molecule has 0 saturated carbocycles. The number of hydrogen-bond donors (Lipinski definition) is 0. The summed E-state index contributed by atoms with van der Waals surface area (Å²) in [6.07, 6.45) is 5.44. The van der Waals surface area contributed by atoms with E-state index < -0.39 is 5.41 Å². The molecule has 32 heavy (non-hydrogen) atoms. The molecule has 0 aliphatic carbocycles. The van der Waals surface area contributed by atoms with E-state index in [0.717, 1.165) is 44.5 Å². The third-order valence-electron chi connectivity index (χ3n) is 6.56. The van der Waals surface area contributed by atoms with Gasteiger partial charge in [0.1, 0.15) is 5.75 Å². The van der Waals surface area contributed by atoms with Gasteiger partial charge < -0.3 is 14.5 Å². The predicted molar refractivity (Wildman–Crippen MR) is 126 cm³/mol. The van der Waals surface area contributed by atoms with Gasteiger partial charge in [0.15, 0.2) is 0 Å². The molecule has 1 atom stereocenters. The second-order valence-electron chi connectivity index (χ2n) is 9.06. The Labute approximate surface area is 195 Å². The molecule has 2 amide bonds. The summed E-state index contributed by atoms with van der Waals surface area (Å²) in [5, 5.41) is 0.657. The minimum atomic E-state index is -0.406. The van der Waals surface area contributed by atoms with Crippen molar-refractivity contribution in [1.29, 1.82) is 0 Å². The molecule has 2 aromatic rings. The van der Waals surface area contributed by atoms with E-state index in [-0.39, 0.29) is 11.8 Å². The van der Waals surface area contributed by atoms with Crippen molar-refractivity contribution in [3.05, 3.63) is 65.2 Å². The van der Waals surface area contributed by atoms with Crippen molar-refractivity contribution >= 4 is 23.4 Å². The van der Waals surface area contributed by atoms with Gasteiger partial charge in [0.2, 0.25) is 5.91 Å². The van der Waals surface area contributed by atoms with Gasteiger partial charge in [-0.25, -0.2) is 0 Å². The lowest BCUT2D eigenvalue weighted by atomic mass is 9.77. The van der Waals surface area contributed by atoms with Gasteiger partial charge in [0.25, 0.3) is 5.91 Å². The molecule has 0 N–H and O–H groups in total. The standard InChI is InChI=1S/C26H31ClN2O3/c27-22-10-12-23(13-11-22)32-20-26(18-24(30)28-15-5-2-6-16-28)14-7-17-29(19-26)25(31)21-8-3-1-4-9-21/h1,3-4,8-13H,2,5-7,14-20H2. The number of piperidine rings is 2. The molecule has 2 aliphatic heterocycles. The Morgan fingerprint density at radius 1 is 0.875 bits per heavy atom. The highest BCUT2D eigenvalue weighted by atomic mass is 35.5. The van der Waals surface area contributed by atoms with Crippen molar-refractivity contribution in [1.82, 2.24) is 9.80 Å². The molecule has 2 heterocycles. The Bertz CT molecular complexity index is 912. The van der Waals surface area contributed by atoms with Crippen LogP contribution >= 0.6 is 11.6 Å². The summed E-state index contributed by atoms with van der Waals surface area (Å²) in [5.41, 5.74) is 0.279. The Balaban J connectivity index is 1.52. The zero-order valence-electron chi connectivity index (χ0n) is 18.5. The lowest BCUT2D eigenvalue weighted by Gasteiger charge is -2.43. The summed E-state index contributed by atoms with van der Waals surface area (Å²) < 4.78 is 6.16. The second kappa shape index (κ2) is 10.4. The maximum Gasteiger partial charge on any atom is 0.253 e. The van der Waals surface area contributed by atoms with E-state index in [4.69, 9.17) is 16.3 Å². The molecule has 2 saturated heterocycles. The van der Waals surface area contributed by atoms with E-state index in [0.29, 0.717) is 36.7 Å². The van der Waals surface area contributed by atoms with Gasteiger partial charge >= 0.3 is 0 Å². The van der Waals surface area contributed by atoms with E-state index in [9.17, 15) is 9.59 Å². The average molecular weight is 455 g/mol. The second-order valence-corrected chi connectivity index (χ2v) is 9.49. The van der Waals surface area contributed by atoms with Crippen LogP contribution in [0.25, 0.3) is 0 Å². The number of nitrogens with zero attached hydrogens (tertiary/aromatic N) is 2. The molecule has 4 rings (SSSR count). The zero-order valence-corrected chi connectivity index (χ0v) is 19.2. The maximum absolute atomic E-state index is 13.2. The quantitative estimate of drug-likeness (QED) is 0.614. The number of benzene rings is 2. The van der Waals surface area contributed by atoms with Crippen molar-refractivity contribution in [2.24, 2.45) is 5.41 Å². The molecule has 5 nitrogen and oxygen atoms in total. The van der Waals surface area contributed by atoms with E-state index in [1.165, 1.54) is 6.42 Å². The first kappa shape index (κ1) is 22.7. The van der Waals surface area contributed by atoms with Crippen molar-refractivity contribution in [3.8, 4) is 5.75 Å². The SMILES string of the molecule is O=C(CC1(COc2ccc(Cl)cc2)CCCN(C(=O)c2ccccc2)C1)N1CCCCC1. The Morgan fingerprint density at radius 3 is 2.28 bits per heavy atom. The van der Waals surface area contributed by atoms with Crippen LogP contribution in [0.5, 0.6) is 5.75 Å². The third-order valence-corrected chi connectivity index (χ3v) is 6.81. The topological polar surface area (TPSA) is 49.9 Å². The van der Waals surface area contributed by atoms with Crippen LogP contribution in [-0.4, -0.2) is 54.4 Å². The number of likely N-dealkylation sites (tertiary alicyclic amines) is 2. The number of halogens is 1. The summed E-state index contributed by atoms with van der Waals surface area (Å²) in [7, 11) is 0. The molecule has 0 spiro atoms. The van der Waals surface area contributed by atoms with Crippen LogP contribution in [0.15, 0.2) is 54.6 Å². The number of ether oxygens (including phenoxy) is 1. The minimum absolute atomic E-state index is 0.0200. The molecular weight excluding hydrogens is 424 g/mol. The lowest BCUT2D eigenvalue weighted by molar-refractivity contribution is -0.136. The molecular formula is C26H31ClN2O3. The van der Waals surface area contributed by atoms with Crippen molar-refractivity contribution in [2.75, 3.05) is 32.8 Å².